The van der Waals surface area contributed by atoms with Crippen molar-refractivity contribution in [3.63, 3.8) is 0 Å². The molecule has 190 valence electrons. The third-order valence-corrected chi connectivity index (χ3v) is 8.93. The number of sulfonamides is 2. The number of fused-ring (bicyclic) bond motifs is 1. The van der Waals surface area contributed by atoms with Crippen LogP contribution in [0, 0.1) is 6.92 Å². The third-order valence-electron chi connectivity index (χ3n) is 5.87. The Labute approximate surface area is 205 Å². The summed E-state index contributed by atoms with van der Waals surface area (Å²) in [5.74, 6) is 0.352. The number of amides is 1. The second kappa shape index (κ2) is 10.0. The quantitative estimate of drug-likeness (QED) is 0.521. The molecule has 1 unspecified atom stereocenters. The Balaban J connectivity index is 1.31. The fourth-order valence-electron chi connectivity index (χ4n) is 4.05. The van der Waals surface area contributed by atoms with Gasteiger partial charge in [0.05, 0.1) is 29.9 Å². The molecule has 1 atom stereocenters. The lowest BCUT2D eigenvalue weighted by Gasteiger charge is -2.34. The summed E-state index contributed by atoms with van der Waals surface area (Å²) in [4.78, 5) is 12.9. The van der Waals surface area contributed by atoms with Crippen molar-refractivity contribution in [2.24, 2.45) is 0 Å². The molecule has 2 aromatic carbocycles. The normalized spacial score (nSPS) is 18.6. The van der Waals surface area contributed by atoms with Crippen LogP contribution in [0.15, 0.2) is 47.4 Å². The summed E-state index contributed by atoms with van der Waals surface area (Å²) in [6.07, 6.45) is 1.83. The number of rotatable bonds is 8. The van der Waals surface area contributed by atoms with Crippen molar-refractivity contribution in [1.29, 1.82) is 0 Å². The molecule has 2 aliphatic rings. The molecule has 1 amide bonds. The Morgan fingerprint density at radius 3 is 2.43 bits per heavy atom. The van der Waals surface area contributed by atoms with E-state index >= 15 is 0 Å². The molecule has 12 heteroatoms. The summed E-state index contributed by atoms with van der Waals surface area (Å²) < 4.78 is 63.8. The van der Waals surface area contributed by atoms with Crippen molar-refractivity contribution < 1.29 is 31.1 Å². The summed E-state index contributed by atoms with van der Waals surface area (Å²) in [5, 5.41) is 2.70. The molecule has 1 fully saturated rings. The molecule has 0 spiro atoms. The number of aryl methyl sites for hydroxylation is 1. The highest BCUT2D eigenvalue weighted by atomic mass is 32.2. The lowest BCUT2D eigenvalue weighted by Crippen LogP contribution is -2.51. The molecule has 0 bridgehead atoms. The van der Waals surface area contributed by atoms with Crippen molar-refractivity contribution in [2.45, 2.75) is 30.8 Å². The summed E-state index contributed by atoms with van der Waals surface area (Å²) >= 11 is 0. The fraction of sp³-hybridized carbons (Fsp3) is 0.435. The van der Waals surface area contributed by atoms with Gasteiger partial charge in [0.15, 0.2) is 6.10 Å². The predicted octanol–water partition coefficient (Wildman–Crippen LogP) is 1.50. The van der Waals surface area contributed by atoms with Gasteiger partial charge in [-0.1, -0.05) is 6.07 Å². The molecular weight excluding hydrogens is 494 g/mol. The SMILES string of the molecule is Cc1ccc2c(c1)OC(C(=O)NCCOc1ccc(S(=O)(=O)N3CCCC3)cc1)CN2S(C)(=O)=O. The zero-order valence-corrected chi connectivity index (χ0v) is 21.3. The molecule has 2 aliphatic heterocycles. The van der Waals surface area contributed by atoms with Gasteiger partial charge in [-0.15, -0.1) is 0 Å². The Morgan fingerprint density at radius 1 is 1.09 bits per heavy atom. The summed E-state index contributed by atoms with van der Waals surface area (Å²) in [6, 6.07) is 11.3. The van der Waals surface area contributed by atoms with E-state index in [-0.39, 0.29) is 24.6 Å². The first-order valence-corrected chi connectivity index (χ1v) is 14.6. The van der Waals surface area contributed by atoms with Crippen LogP contribution in [0.5, 0.6) is 11.5 Å². The van der Waals surface area contributed by atoms with E-state index in [9.17, 15) is 21.6 Å². The number of hydrogen-bond donors (Lipinski definition) is 1. The Bertz CT molecular complexity index is 1290. The Kier molecular flexibility index (Phi) is 7.25. The van der Waals surface area contributed by atoms with Gasteiger partial charge in [0.25, 0.3) is 5.91 Å². The lowest BCUT2D eigenvalue weighted by atomic mass is 10.1. The van der Waals surface area contributed by atoms with Crippen LogP contribution in [-0.2, 0) is 24.8 Å². The number of carbonyl (C=O) groups excluding carboxylic acids is 1. The monoisotopic (exact) mass is 523 g/mol. The number of anilines is 1. The zero-order chi connectivity index (χ0) is 25.2. The van der Waals surface area contributed by atoms with Crippen LogP contribution in [-0.4, -0.2) is 72.2 Å². The van der Waals surface area contributed by atoms with E-state index in [4.69, 9.17) is 9.47 Å². The maximum Gasteiger partial charge on any atom is 0.263 e. The van der Waals surface area contributed by atoms with Crippen molar-refractivity contribution in [2.75, 3.05) is 43.3 Å². The number of nitrogens with one attached hydrogen (secondary N) is 1. The van der Waals surface area contributed by atoms with E-state index in [0.29, 0.717) is 30.3 Å². The lowest BCUT2D eigenvalue weighted by molar-refractivity contribution is -0.127. The highest BCUT2D eigenvalue weighted by Gasteiger charge is 2.35. The molecule has 35 heavy (non-hydrogen) atoms. The second-order valence-corrected chi connectivity index (χ2v) is 12.4. The summed E-state index contributed by atoms with van der Waals surface area (Å²) in [6.45, 7) is 3.10. The first kappa shape index (κ1) is 25.3. The van der Waals surface area contributed by atoms with Crippen LogP contribution >= 0.6 is 0 Å². The van der Waals surface area contributed by atoms with Gasteiger partial charge in [-0.2, -0.15) is 4.31 Å². The second-order valence-electron chi connectivity index (χ2n) is 8.59. The number of nitrogens with zero attached hydrogens (tertiary/aromatic N) is 2. The average molecular weight is 524 g/mol. The number of hydrogen-bond acceptors (Lipinski definition) is 7. The molecule has 2 heterocycles. The van der Waals surface area contributed by atoms with E-state index < -0.39 is 32.1 Å². The average Bonchev–Trinajstić information content (AvgIpc) is 3.36. The molecule has 4 rings (SSSR count). The highest BCUT2D eigenvalue weighted by molar-refractivity contribution is 7.92. The minimum Gasteiger partial charge on any atom is -0.492 e. The predicted molar refractivity (Wildman–Crippen MR) is 131 cm³/mol. The van der Waals surface area contributed by atoms with Crippen LogP contribution in [0.25, 0.3) is 0 Å². The van der Waals surface area contributed by atoms with Crippen LogP contribution in [0.3, 0.4) is 0 Å². The molecular formula is C23H29N3O7S2. The fourth-order valence-corrected chi connectivity index (χ4v) is 6.49. The highest BCUT2D eigenvalue weighted by Crippen LogP contribution is 2.35. The van der Waals surface area contributed by atoms with Crippen molar-refractivity contribution in [3.05, 3.63) is 48.0 Å². The third kappa shape index (κ3) is 5.71. The van der Waals surface area contributed by atoms with Gasteiger partial charge >= 0.3 is 0 Å². The minimum absolute atomic E-state index is 0.130. The maximum absolute atomic E-state index is 12.7. The van der Waals surface area contributed by atoms with Crippen molar-refractivity contribution >= 4 is 31.6 Å². The van der Waals surface area contributed by atoms with Gasteiger partial charge in [-0.05, 0) is 61.7 Å². The van der Waals surface area contributed by atoms with E-state index in [0.717, 1.165) is 24.7 Å². The smallest absolute Gasteiger partial charge is 0.263 e. The van der Waals surface area contributed by atoms with Gasteiger partial charge in [-0.3, -0.25) is 9.10 Å². The molecule has 1 N–H and O–H groups in total. The summed E-state index contributed by atoms with van der Waals surface area (Å²) in [5.41, 5.74) is 1.28. The van der Waals surface area contributed by atoms with Gasteiger partial charge < -0.3 is 14.8 Å². The molecule has 10 nitrogen and oxygen atoms in total. The minimum atomic E-state index is -3.60. The standard InChI is InChI=1S/C23H29N3O7S2/c1-17-5-10-20-21(15-17)33-22(16-26(20)34(2,28)29)23(27)24-11-14-32-18-6-8-19(9-7-18)35(30,31)25-12-3-4-13-25/h5-10,15,22H,3-4,11-14,16H2,1-2H3,(H,24,27). The van der Waals surface area contributed by atoms with Gasteiger partial charge in [-0.25, -0.2) is 16.8 Å². The van der Waals surface area contributed by atoms with Gasteiger partial charge in [0.2, 0.25) is 20.0 Å². The van der Waals surface area contributed by atoms with E-state index in [1.807, 2.05) is 6.92 Å². The topological polar surface area (TPSA) is 122 Å². The van der Waals surface area contributed by atoms with E-state index in [2.05, 4.69) is 5.32 Å². The molecule has 0 saturated carbocycles. The first-order chi connectivity index (χ1) is 16.6. The molecule has 2 aromatic rings. The molecule has 0 aromatic heterocycles. The van der Waals surface area contributed by atoms with E-state index in [1.165, 1.54) is 20.7 Å². The number of carbonyl (C=O) groups is 1. The Hall–Kier alpha value is -2.83. The molecule has 1 saturated heterocycles. The van der Waals surface area contributed by atoms with Crippen LogP contribution in [0.4, 0.5) is 5.69 Å². The molecule has 0 radical (unpaired) electrons. The van der Waals surface area contributed by atoms with Crippen LogP contribution in [0.2, 0.25) is 0 Å². The number of ether oxygens (including phenoxy) is 2. The van der Waals surface area contributed by atoms with Gasteiger partial charge in [0, 0.05) is 13.1 Å². The van der Waals surface area contributed by atoms with E-state index in [1.54, 1.807) is 30.3 Å². The van der Waals surface area contributed by atoms with Gasteiger partial charge in [0.1, 0.15) is 18.1 Å². The largest absolute Gasteiger partial charge is 0.492 e. The first-order valence-electron chi connectivity index (χ1n) is 11.3. The van der Waals surface area contributed by atoms with Crippen molar-refractivity contribution in [1.82, 2.24) is 9.62 Å². The van der Waals surface area contributed by atoms with Crippen LogP contribution in [0.1, 0.15) is 18.4 Å². The van der Waals surface area contributed by atoms with Crippen LogP contribution < -0.4 is 19.1 Å². The van der Waals surface area contributed by atoms with Crippen molar-refractivity contribution in [3.8, 4) is 11.5 Å². The summed E-state index contributed by atoms with van der Waals surface area (Å²) in [7, 11) is -7.08. The maximum atomic E-state index is 12.7. The number of benzene rings is 2. The Morgan fingerprint density at radius 2 is 1.77 bits per heavy atom. The zero-order valence-electron chi connectivity index (χ0n) is 19.6. The molecule has 0 aliphatic carbocycles.